The lowest BCUT2D eigenvalue weighted by Gasteiger charge is -2.36. The van der Waals surface area contributed by atoms with Gasteiger partial charge in [0.1, 0.15) is 6.10 Å². The molecule has 0 heterocycles. The second-order valence-electron chi connectivity index (χ2n) is 3.81. The van der Waals surface area contributed by atoms with Crippen LogP contribution in [0.5, 0.6) is 0 Å². The van der Waals surface area contributed by atoms with Crippen LogP contribution >= 0.6 is 0 Å². The number of hydrogen-bond acceptors (Lipinski definition) is 3. The van der Waals surface area contributed by atoms with Crippen molar-refractivity contribution in [1.29, 1.82) is 0 Å². The molecule has 0 saturated heterocycles. The van der Waals surface area contributed by atoms with Gasteiger partial charge >= 0.3 is 6.09 Å². The Hall–Kier alpha value is -0.770. The van der Waals surface area contributed by atoms with Crippen LogP contribution < -0.4 is 5.73 Å². The minimum Gasteiger partial charge on any atom is -0.446 e. The number of amides is 1. The maximum atomic E-state index is 10.5. The Kier molecular flexibility index (Phi) is 3.14. The number of carbonyl (C=O) groups is 1. The Labute approximate surface area is 78.4 Å². The van der Waals surface area contributed by atoms with Crippen molar-refractivity contribution in [2.75, 3.05) is 7.11 Å². The minimum absolute atomic E-state index is 0.0730. The maximum absolute atomic E-state index is 10.5. The van der Waals surface area contributed by atoms with E-state index >= 15 is 0 Å². The lowest BCUT2D eigenvalue weighted by atomic mass is 9.84. The molecule has 0 aromatic carbocycles. The van der Waals surface area contributed by atoms with Crippen molar-refractivity contribution in [1.82, 2.24) is 0 Å². The van der Waals surface area contributed by atoms with Crippen LogP contribution in [0.25, 0.3) is 0 Å². The molecule has 0 aromatic heterocycles. The standard InChI is InChI=1S/C9H17NO3/c1-9(12-2)5-3-4-7(6-9)13-8(10)11/h7H,3-6H2,1-2H3,(H2,10,11). The fraction of sp³-hybridized carbons (Fsp3) is 0.889. The van der Waals surface area contributed by atoms with Gasteiger partial charge in [0.2, 0.25) is 0 Å². The average molecular weight is 187 g/mol. The van der Waals surface area contributed by atoms with E-state index in [1.165, 1.54) is 0 Å². The van der Waals surface area contributed by atoms with Crippen LogP contribution in [0.1, 0.15) is 32.6 Å². The first-order valence-electron chi connectivity index (χ1n) is 4.57. The number of carbonyl (C=O) groups excluding carboxylic acids is 1. The largest absolute Gasteiger partial charge is 0.446 e. The smallest absolute Gasteiger partial charge is 0.404 e. The zero-order chi connectivity index (χ0) is 9.90. The van der Waals surface area contributed by atoms with E-state index in [9.17, 15) is 4.79 Å². The normalized spacial score (nSPS) is 34.2. The number of hydrogen-bond donors (Lipinski definition) is 1. The van der Waals surface area contributed by atoms with Crippen LogP contribution in [0.3, 0.4) is 0 Å². The summed E-state index contributed by atoms with van der Waals surface area (Å²) in [7, 11) is 1.69. The van der Waals surface area contributed by atoms with E-state index < -0.39 is 6.09 Å². The molecular weight excluding hydrogens is 170 g/mol. The van der Waals surface area contributed by atoms with Crippen LogP contribution in [-0.4, -0.2) is 24.9 Å². The molecule has 0 spiro atoms. The van der Waals surface area contributed by atoms with Gasteiger partial charge in [0.15, 0.2) is 0 Å². The van der Waals surface area contributed by atoms with Crippen LogP contribution in [-0.2, 0) is 9.47 Å². The van der Waals surface area contributed by atoms with Crippen molar-refractivity contribution < 1.29 is 14.3 Å². The van der Waals surface area contributed by atoms with E-state index in [0.29, 0.717) is 0 Å². The molecule has 4 heteroatoms. The quantitative estimate of drug-likeness (QED) is 0.711. The third-order valence-electron chi connectivity index (χ3n) is 2.67. The van der Waals surface area contributed by atoms with Crippen LogP contribution in [0.4, 0.5) is 4.79 Å². The molecule has 0 aliphatic heterocycles. The van der Waals surface area contributed by atoms with E-state index in [1.807, 2.05) is 6.92 Å². The molecule has 2 N–H and O–H groups in total. The lowest BCUT2D eigenvalue weighted by molar-refractivity contribution is -0.0640. The molecule has 1 rings (SSSR count). The first-order valence-corrected chi connectivity index (χ1v) is 4.57. The summed E-state index contributed by atoms with van der Waals surface area (Å²) in [5, 5.41) is 0. The van der Waals surface area contributed by atoms with Crippen LogP contribution in [0.2, 0.25) is 0 Å². The van der Waals surface area contributed by atoms with Gasteiger partial charge in [-0.15, -0.1) is 0 Å². The molecule has 13 heavy (non-hydrogen) atoms. The topological polar surface area (TPSA) is 61.6 Å². The van der Waals surface area contributed by atoms with Gasteiger partial charge in [0.25, 0.3) is 0 Å². The highest BCUT2D eigenvalue weighted by Gasteiger charge is 2.33. The predicted octanol–water partition coefficient (Wildman–Crippen LogP) is 1.43. The molecule has 0 aromatic rings. The summed E-state index contributed by atoms with van der Waals surface area (Å²) in [5.41, 5.74) is 4.80. The molecule has 0 bridgehead atoms. The summed E-state index contributed by atoms with van der Waals surface area (Å²) in [6.45, 7) is 2.03. The second kappa shape index (κ2) is 3.96. The summed E-state index contributed by atoms with van der Waals surface area (Å²) in [5.74, 6) is 0. The molecule has 1 aliphatic rings. The van der Waals surface area contributed by atoms with E-state index in [4.69, 9.17) is 15.2 Å². The number of rotatable bonds is 2. The minimum atomic E-state index is -0.689. The van der Waals surface area contributed by atoms with Gasteiger partial charge < -0.3 is 15.2 Å². The third kappa shape index (κ3) is 2.88. The van der Waals surface area contributed by atoms with Crippen molar-refractivity contribution in [3.63, 3.8) is 0 Å². The summed E-state index contributed by atoms with van der Waals surface area (Å²) in [4.78, 5) is 10.5. The van der Waals surface area contributed by atoms with Crippen molar-refractivity contribution >= 4 is 6.09 Å². The number of primary amides is 1. The van der Waals surface area contributed by atoms with Gasteiger partial charge in [-0.25, -0.2) is 4.79 Å². The predicted molar refractivity (Wildman–Crippen MR) is 48.3 cm³/mol. The Balaban J connectivity index is 2.46. The van der Waals surface area contributed by atoms with E-state index in [1.54, 1.807) is 7.11 Å². The zero-order valence-corrected chi connectivity index (χ0v) is 8.21. The van der Waals surface area contributed by atoms with E-state index in [2.05, 4.69) is 0 Å². The van der Waals surface area contributed by atoms with Crippen molar-refractivity contribution in [3.05, 3.63) is 0 Å². The lowest BCUT2D eigenvalue weighted by Crippen LogP contribution is -2.39. The summed E-state index contributed by atoms with van der Waals surface area (Å²) in [6.07, 6.45) is 2.90. The maximum Gasteiger partial charge on any atom is 0.404 e. The number of ether oxygens (including phenoxy) is 2. The van der Waals surface area contributed by atoms with E-state index in [0.717, 1.165) is 25.7 Å². The van der Waals surface area contributed by atoms with Crippen molar-refractivity contribution in [2.45, 2.75) is 44.3 Å². The van der Waals surface area contributed by atoms with Gasteiger partial charge in [-0.1, -0.05) is 0 Å². The molecule has 76 valence electrons. The molecule has 2 atom stereocenters. The highest BCUT2D eigenvalue weighted by Crippen LogP contribution is 2.32. The fourth-order valence-corrected chi connectivity index (χ4v) is 1.84. The van der Waals surface area contributed by atoms with Crippen LogP contribution in [0, 0.1) is 0 Å². The van der Waals surface area contributed by atoms with Gasteiger partial charge in [0, 0.05) is 13.5 Å². The zero-order valence-electron chi connectivity index (χ0n) is 8.21. The van der Waals surface area contributed by atoms with Crippen LogP contribution in [0.15, 0.2) is 0 Å². The Morgan fingerprint density at radius 3 is 2.85 bits per heavy atom. The first kappa shape index (κ1) is 10.3. The first-order chi connectivity index (χ1) is 6.06. The van der Waals surface area contributed by atoms with Crippen molar-refractivity contribution in [3.8, 4) is 0 Å². The SMILES string of the molecule is COC1(C)CCCC(OC(N)=O)C1. The number of methoxy groups -OCH3 is 1. The highest BCUT2D eigenvalue weighted by molar-refractivity contribution is 5.64. The highest BCUT2D eigenvalue weighted by atomic mass is 16.6. The number of nitrogens with two attached hydrogens (primary N) is 1. The molecule has 2 unspecified atom stereocenters. The van der Waals surface area contributed by atoms with Crippen molar-refractivity contribution in [2.24, 2.45) is 5.73 Å². The Bertz CT molecular complexity index is 195. The fourth-order valence-electron chi connectivity index (χ4n) is 1.84. The average Bonchev–Trinajstić information content (AvgIpc) is 2.03. The summed E-state index contributed by atoms with van der Waals surface area (Å²) in [6, 6.07) is 0. The summed E-state index contributed by atoms with van der Waals surface area (Å²) < 4.78 is 10.3. The second-order valence-corrected chi connectivity index (χ2v) is 3.81. The molecule has 4 nitrogen and oxygen atoms in total. The Morgan fingerprint density at radius 2 is 2.31 bits per heavy atom. The summed E-state index contributed by atoms with van der Waals surface area (Å²) >= 11 is 0. The van der Waals surface area contributed by atoms with E-state index in [-0.39, 0.29) is 11.7 Å². The molecular formula is C9H17NO3. The molecule has 1 saturated carbocycles. The van der Waals surface area contributed by atoms with Gasteiger partial charge in [-0.3, -0.25) is 0 Å². The van der Waals surface area contributed by atoms with Gasteiger partial charge in [-0.2, -0.15) is 0 Å². The molecule has 1 amide bonds. The Morgan fingerprint density at radius 1 is 1.62 bits per heavy atom. The van der Waals surface area contributed by atoms with Gasteiger partial charge in [-0.05, 0) is 26.2 Å². The molecule has 1 aliphatic carbocycles. The monoisotopic (exact) mass is 187 g/mol. The van der Waals surface area contributed by atoms with Gasteiger partial charge in [0.05, 0.1) is 5.60 Å². The molecule has 1 fully saturated rings. The molecule has 0 radical (unpaired) electrons. The third-order valence-corrected chi connectivity index (χ3v) is 2.67.